The molecule has 0 fully saturated rings. The Kier molecular flexibility index (Phi) is 4.70. The maximum atomic E-state index is 6.09. The predicted molar refractivity (Wildman–Crippen MR) is 87.8 cm³/mol. The molecule has 1 aliphatic rings. The van der Waals surface area contributed by atoms with Gasteiger partial charge in [-0.2, -0.15) is 0 Å². The van der Waals surface area contributed by atoms with E-state index in [-0.39, 0.29) is 12.1 Å². The van der Waals surface area contributed by atoms with Gasteiger partial charge in [-0.15, -0.1) is 11.8 Å². The van der Waals surface area contributed by atoms with Gasteiger partial charge in [0, 0.05) is 15.7 Å². The number of benzene rings is 2. The van der Waals surface area contributed by atoms with E-state index in [9.17, 15) is 0 Å². The summed E-state index contributed by atoms with van der Waals surface area (Å²) in [6.45, 7) is 0. The van der Waals surface area contributed by atoms with Crippen LogP contribution in [0.25, 0.3) is 0 Å². The number of ether oxygens (including phenoxy) is 1. The minimum Gasteiger partial charge on any atom is -0.487 e. The third-order valence-electron chi connectivity index (χ3n) is 3.54. The van der Waals surface area contributed by atoms with Crippen LogP contribution >= 0.6 is 23.4 Å². The molecule has 2 atom stereocenters. The van der Waals surface area contributed by atoms with Gasteiger partial charge in [0.2, 0.25) is 0 Å². The molecule has 21 heavy (non-hydrogen) atoms. The molecule has 0 saturated heterocycles. The van der Waals surface area contributed by atoms with Crippen LogP contribution in [0.4, 0.5) is 0 Å². The minimum absolute atomic E-state index is 0.0360. The minimum atomic E-state index is 0.0360. The van der Waals surface area contributed by atoms with E-state index in [2.05, 4.69) is 17.6 Å². The zero-order valence-electron chi connectivity index (χ0n) is 11.5. The summed E-state index contributed by atoms with van der Waals surface area (Å²) in [6.07, 6.45) is 0.818. The summed E-state index contributed by atoms with van der Waals surface area (Å²) in [5, 5.41) is 0.743. The van der Waals surface area contributed by atoms with Crippen LogP contribution in [0, 0.1) is 0 Å². The highest BCUT2D eigenvalue weighted by Crippen LogP contribution is 2.36. The van der Waals surface area contributed by atoms with E-state index >= 15 is 0 Å². The zero-order valence-corrected chi connectivity index (χ0v) is 13.0. The molecule has 0 aliphatic carbocycles. The SMILES string of the molecule is NNC(Cc1cccc(Cl)c1)C1CSc2ccccc2O1. The van der Waals surface area contributed by atoms with Crippen molar-refractivity contribution in [3.8, 4) is 5.75 Å². The van der Waals surface area contributed by atoms with Crippen LogP contribution in [0.2, 0.25) is 5.02 Å². The molecular formula is C16H17ClN2OS. The van der Waals surface area contributed by atoms with Crippen molar-refractivity contribution < 1.29 is 4.74 Å². The summed E-state index contributed by atoms with van der Waals surface area (Å²) in [6, 6.07) is 16.0. The summed E-state index contributed by atoms with van der Waals surface area (Å²) in [7, 11) is 0. The molecular weight excluding hydrogens is 304 g/mol. The molecule has 2 aromatic carbocycles. The van der Waals surface area contributed by atoms with Gasteiger partial charge < -0.3 is 4.74 Å². The van der Waals surface area contributed by atoms with Gasteiger partial charge in [-0.1, -0.05) is 35.9 Å². The summed E-state index contributed by atoms with van der Waals surface area (Å²) in [5.41, 5.74) is 4.04. The van der Waals surface area contributed by atoms with Crippen molar-refractivity contribution in [2.75, 3.05) is 5.75 Å². The lowest BCUT2D eigenvalue weighted by atomic mass is 10.0. The lowest BCUT2D eigenvalue weighted by Gasteiger charge is -2.31. The topological polar surface area (TPSA) is 47.3 Å². The molecule has 2 unspecified atom stereocenters. The summed E-state index contributed by atoms with van der Waals surface area (Å²) < 4.78 is 6.09. The number of rotatable bonds is 4. The maximum Gasteiger partial charge on any atom is 0.133 e. The molecule has 3 rings (SSSR count). The fourth-order valence-electron chi connectivity index (χ4n) is 2.45. The van der Waals surface area contributed by atoms with Crippen LogP contribution in [0.5, 0.6) is 5.75 Å². The second kappa shape index (κ2) is 6.71. The van der Waals surface area contributed by atoms with Gasteiger partial charge >= 0.3 is 0 Å². The highest BCUT2D eigenvalue weighted by atomic mass is 35.5. The predicted octanol–water partition coefficient (Wildman–Crippen LogP) is 3.27. The quantitative estimate of drug-likeness (QED) is 0.670. The number of nitrogens with one attached hydrogen (secondary N) is 1. The van der Waals surface area contributed by atoms with E-state index in [4.69, 9.17) is 22.2 Å². The van der Waals surface area contributed by atoms with E-state index in [1.165, 1.54) is 4.90 Å². The Morgan fingerprint density at radius 2 is 2.14 bits per heavy atom. The lowest BCUT2D eigenvalue weighted by molar-refractivity contribution is 0.165. The summed E-state index contributed by atoms with van der Waals surface area (Å²) in [5.74, 6) is 7.55. The number of hydrogen-bond donors (Lipinski definition) is 2. The number of halogens is 1. The Bertz CT molecular complexity index is 623. The van der Waals surface area contributed by atoms with Gasteiger partial charge in [0.05, 0.1) is 6.04 Å². The fraction of sp³-hybridized carbons (Fsp3) is 0.250. The molecule has 0 bridgehead atoms. The number of fused-ring (bicyclic) bond motifs is 1. The third-order valence-corrected chi connectivity index (χ3v) is 4.92. The first-order valence-corrected chi connectivity index (χ1v) is 8.21. The van der Waals surface area contributed by atoms with E-state index in [1.54, 1.807) is 0 Å². The number of hydrogen-bond acceptors (Lipinski definition) is 4. The van der Waals surface area contributed by atoms with Crippen LogP contribution in [-0.2, 0) is 6.42 Å². The van der Waals surface area contributed by atoms with E-state index in [0.717, 1.165) is 28.5 Å². The van der Waals surface area contributed by atoms with Crippen LogP contribution in [0.3, 0.4) is 0 Å². The molecule has 0 amide bonds. The van der Waals surface area contributed by atoms with Crippen molar-refractivity contribution in [3.05, 3.63) is 59.1 Å². The van der Waals surface area contributed by atoms with Gasteiger partial charge in [-0.05, 0) is 36.2 Å². The van der Waals surface area contributed by atoms with Crippen LogP contribution < -0.4 is 16.0 Å². The van der Waals surface area contributed by atoms with Crippen LogP contribution in [0.15, 0.2) is 53.4 Å². The van der Waals surface area contributed by atoms with Crippen molar-refractivity contribution in [1.82, 2.24) is 5.43 Å². The lowest BCUT2D eigenvalue weighted by Crippen LogP contribution is -2.50. The Morgan fingerprint density at radius 1 is 1.29 bits per heavy atom. The van der Waals surface area contributed by atoms with Crippen molar-refractivity contribution >= 4 is 23.4 Å². The second-order valence-electron chi connectivity index (χ2n) is 5.02. The zero-order chi connectivity index (χ0) is 14.7. The molecule has 2 aromatic rings. The molecule has 0 radical (unpaired) electrons. The van der Waals surface area contributed by atoms with Crippen LogP contribution in [-0.4, -0.2) is 17.9 Å². The standard InChI is InChI=1S/C16H17ClN2OS/c17-12-5-3-4-11(8-12)9-13(19-18)15-10-21-16-7-2-1-6-14(16)20-15/h1-8,13,15,19H,9-10,18H2. The maximum absolute atomic E-state index is 6.09. The largest absolute Gasteiger partial charge is 0.487 e. The molecule has 1 heterocycles. The van der Waals surface area contributed by atoms with Gasteiger partial charge in [-0.3, -0.25) is 11.3 Å². The first-order valence-electron chi connectivity index (χ1n) is 6.85. The van der Waals surface area contributed by atoms with Crippen LogP contribution in [0.1, 0.15) is 5.56 Å². The van der Waals surface area contributed by atoms with Crippen molar-refractivity contribution in [2.45, 2.75) is 23.5 Å². The second-order valence-corrected chi connectivity index (χ2v) is 6.52. The van der Waals surface area contributed by atoms with Gasteiger partial charge in [0.15, 0.2) is 0 Å². The Hall–Kier alpha value is -1.20. The highest BCUT2D eigenvalue weighted by molar-refractivity contribution is 7.99. The van der Waals surface area contributed by atoms with E-state index < -0.39 is 0 Å². The summed E-state index contributed by atoms with van der Waals surface area (Å²) in [4.78, 5) is 1.19. The first-order chi connectivity index (χ1) is 10.3. The number of para-hydroxylation sites is 1. The number of thioether (sulfide) groups is 1. The van der Waals surface area contributed by atoms with E-state index in [0.29, 0.717) is 0 Å². The molecule has 1 aliphatic heterocycles. The summed E-state index contributed by atoms with van der Waals surface area (Å²) >= 11 is 7.84. The molecule has 0 aromatic heterocycles. The third kappa shape index (κ3) is 3.52. The molecule has 3 N–H and O–H groups in total. The average molecular weight is 321 g/mol. The van der Waals surface area contributed by atoms with Gasteiger partial charge in [0.1, 0.15) is 11.9 Å². The number of nitrogens with two attached hydrogens (primary N) is 1. The average Bonchev–Trinajstić information content (AvgIpc) is 2.52. The Morgan fingerprint density at radius 3 is 2.95 bits per heavy atom. The fourth-order valence-corrected chi connectivity index (χ4v) is 3.74. The monoisotopic (exact) mass is 320 g/mol. The first kappa shape index (κ1) is 14.7. The van der Waals surface area contributed by atoms with Crippen molar-refractivity contribution in [2.24, 2.45) is 5.84 Å². The molecule has 0 saturated carbocycles. The molecule has 3 nitrogen and oxygen atoms in total. The van der Waals surface area contributed by atoms with E-state index in [1.807, 2.05) is 48.2 Å². The molecule has 0 spiro atoms. The Labute approximate surface area is 133 Å². The highest BCUT2D eigenvalue weighted by Gasteiger charge is 2.27. The normalized spacial score (nSPS) is 18.7. The van der Waals surface area contributed by atoms with Crippen molar-refractivity contribution in [1.29, 1.82) is 0 Å². The number of hydrazine groups is 1. The smallest absolute Gasteiger partial charge is 0.133 e. The molecule has 110 valence electrons. The Balaban J connectivity index is 1.73. The van der Waals surface area contributed by atoms with Gasteiger partial charge in [0.25, 0.3) is 0 Å². The van der Waals surface area contributed by atoms with Gasteiger partial charge in [-0.25, -0.2) is 0 Å². The molecule has 5 heteroatoms. The van der Waals surface area contributed by atoms with Crippen molar-refractivity contribution in [3.63, 3.8) is 0 Å².